The summed E-state index contributed by atoms with van der Waals surface area (Å²) in [6, 6.07) is 0. The summed E-state index contributed by atoms with van der Waals surface area (Å²) in [5, 5.41) is 31.3. The maximum absolute atomic E-state index is 12.2. The number of rotatable bonds is 2. The largest absolute Gasteiger partial charge is 0.481 e. The minimum absolute atomic E-state index is 0.221. The molecule has 4 aliphatic carbocycles. The third-order valence-corrected chi connectivity index (χ3v) is 9.02. The van der Waals surface area contributed by atoms with Crippen molar-refractivity contribution in [2.24, 2.45) is 34.0 Å². The maximum Gasteiger partial charge on any atom is 0.314 e. The van der Waals surface area contributed by atoms with Gasteiger partial charge in [-0.25, -0.2) is 0 Å². The number of aliphatic carboxylic acids is 1. The average molecular weight is 362 g/mol. The molecule has 8 atom stereocenters. The van der Waals surface area contributed by atoms with Crippen LogP contribution in [-0.2, 0) is 4.79 Å². The van der Waals surface area contributed by atoms with E-state index >= 15 is 0 Å². The maximum atomic E-state index is 12.2. The molecular formula is C22H32O4. The van der Waals surface area contributed by atoms with Crippen LogP contribution < -0.4 is 0 Å². The van der Waals surface area contributed by atoms with Crippen LogP contribution in [0.1, 0.15) is 59.3 Å². The van der Waals surface area contributed by atoms with Crippen LogP contribution in [0.15, 0.2) is 23.8 Å². The van der Waals surface area contributed by atoms with Gasteiger partial charge in [0.15, 0.2) is 0 Å². The number of hydrogen-bond donors (Lipinski definition) is 3. The number of aliphatic hydroxyl groups excluding tert-OH is 2. The van der Waals surface area contributed by atoms with Crippen LogP contribution in [0.25, 0.3) is 0 Å². The molecule has 4 nitrogen and oxygen atoms in total. The van der Waals surface area contributed by atoms with E-state index in [1.807, 2.05) is 13.0 Å². The van der Waals surface area contributed by atoms with E-state index in [0.717, 1.165) is 25.7 Å². The van der Waals surface area contributed by atoms with Crippen LogP contribution in [-0.4, -0.2) is 33.5 Å². The molecule has 0 radical (unpaired) electrons. The number of allylic oxidation sites excluding steroid dienone is 2. The smallest absolute Gasteiger partial charge is 0.314 e. The molecular weight excluding hydrogens is 330 g/mol. The monoisotopic (exact) mass is 362 g/mol. The van der Waals surface area contributed by atoms with E-state index in [1.54, 1.807) is 0 Å². The molecule has 3 N–H and O–H groups in total. The fraction of sp³-hybridized carbons (Fsp3) is 0.773. The second-order valence-corrected chi connectivity index (χ2v) is 9.54. The number of carboxylic acids is 1. The number of fused-ring (bicyclic) bond motifs is 5. The fourth-order valence-electron chi connectivity index (χ4n) is 7.31. The summed E-state index contributed by atoms with van der Waals surface area (Å²) < 4.78 is 0. The Hall–Kier alpha value is -1.13. The van der Waals surface area contributed by atoms with Gasteiger partial charge in [-0.3, -0.25) is 4.79 Å². The van der Waals surface area contributed by atoms with Gasteiger partial charge in [0.1, 0.15) is 0 Å². The van der Waals surface area contributed by atoms with Crippen LogP contribution in [0, 0.1) is 34.0 Å². The average Bonchev–Trinajstić information content (AvgIpc) is 2.92. The van der Waals surface area contributed by atoms with Gasteiger partial charge in [0.05, 0.1) is 17.6 Å². The summed E-state index contributed by atoms with van der Waals surface area (Å²) >= 11 is 0. The zero-order valence-electron chi connectivity index (χ0n) is 16.1. The Kier molecular flexibility index (Phi) is 3.99. The van der Waals surface area contributed by atoms with Gasteiger partial charge in [0, 0.05) is 5.41 Å². The second-order valence-electron chi connectivity index (χ2n) is 9.54. The van der Waals surface area contributed by atoms with Crippen molar-refractivity contribution in [2.45, 2.75) is 71.5 Å². The summed E-state index contributed by atoms with van der Waals surface area (Å²) in [6.07, 6.45) is 9.91. The Morgan fingerprint density at radius 3 is 2.69 bits per heavy atom. The molecule has 0 aliphatic heterocycles. The van der Waals surface area contributed by atoms with E-state index in [1.165, 1.54) is 5.57 Å². The minimum Gasteiger partial charge on any atom is -0.481 e. The summed E-state index contributed by atoms with van der Waals surface area (Å²) in [5.41, 5.74) is -0.120. The Morgan fingerprint density at radius 2 is 2.04 bits per heavy atom. The standard InChI is InChI=1S/C22H32O4/c1-4-22(19(25)26)12-10-15-14-7-5-13-6-8-17(23)18(24)21(13,3)16(14)9-11-20(15,22)2/h5,10,12,14-18,23-24H,4,6-9,11H2,1-3H3,(H,25,26)/t14-,15-,16-,17?,18?,20-,21-,22-/m0/s1/i23+1,24+1. The van der Waals surface area contributed by atoms with E-state index < -0.39 is 23.6 Å². The van der Waals surface area contributed by atoms with Crippen molar-refractivity contribution in [3.8, 4) is 0 Å². The van der Waals surface area contributed by atoms with E-state index in [4.69, 9.17) is 0 Å². The Labute approximate surface area is 156 Å². The number of hydrogen-bond acceptors (Lipinski definition) is 3. The van der Waals surface area contributed by atoms with Gasteiger partial charge in [-0.2, -0.15) is 0 Å². The predicted octanol–water partition coefficient (Wildman–Crippen LogP) is 3.54. The summed E-state index contributed by atoms with van der Waals surface area (Å²) in [5.74, 6) is 0.160. The molecule has 0 saturated heterocycles. The lowest BCUT2D eigenvalue weighted by Gasteiger charge is -2.60. The summed E-state index contributed by atoms with van der Waals surface area (Å²) in [4.78, 5) is 12.2. The molecule has 2 unspecified atom stereocenters. The highest BCUT2D eigenvalue weighted by Gasteiger charge is 2.65. The van der Waals surface area contributed by atoms with Gasteiger partial charge >= 0.3 is 5.97 Å². The molecule has 0 aromatic carbocycles. The zero-order chi connectivity index (χ0) is 18.9. The van der Waals surface area contributed by atoms with Crippen LogP contribution in [0.2, 0.25) is 0 Å². The normalized spacial score (nSPS) is 52.7. The first-order valence-electron chi connectivity index (χ1n) is 10.2. The molecule has 0 amide bonds. The molecule has 144 valence electrons. The summed E-state index contributed by atoms with van der Waals surface area (Å²) in [7, 11) is 0. The van der Waals surface area contributed by atoms with E-state index in [0.29, 0.717) is 24.7 Å². The van der Waals surface area contributed by atoms with Crippen molar-refractivity contribution < 1.29 is 20.1 Å². The third kappa shape index (κ3) is 1.95. The Bertz CT molecular complexity index is 682. The summed E-state index contributed by atoms with van der Waals surface area (Å²) in [6.45, 7) is 6.28. The zero-order valence-corrected chi connectivity index (χ0v) is 16.1. The highest BCUT2D eigenvalue weighted by molar-refractivity contribution is 5.79. The van der Waals surface area contributed by atoms with Crippen LogP contribution in [0.5, 0.6) is 0 Å². The van der Waals surface area contributed by atoms with Crippen molar-refractivity contribution in [2.75, 3.05) is 0 Å². The number of aliphatic hydroxyl groups is 2. The number of carbonyl (C=O) groups is 1. The van der Waals surface area contributed by atoms with Crippen LogP contribution in [0.4, 0.5) is 0 Å². The van der Waals surface area contributed by atoms with Gasteiger partial charge in [0.2, 0.25) is 0 Å². The van der Waals surface area contributed by atoms with Gasteiger partial charge in [-0.05, 0) is 61.7 Å². The molecule has 2 saturated carbocycles. The lowest BCUT2D eigenvalue weighted by atomic mass is 9.44. The van der Waals surface area contributed by atoms with Crippen LogP contribution in [0.3, 0.4) is 0 Å². The predicted molar refractivity (Wildman–Crippen MR) is 99.4 cm³/mol. The first-order chi connectivity index (χ1) is 12.2. The lowest BCUT2D eigenvalue weighted by molar-refractivity contribution is -0.164. The molecule has 4 rings (SSSR count). The quantitative estimate of drug-likeness (QED) is 0.657. The van der Waals surface area contributed by atoms with E-state index in [2.05, 4.69) is 26.0 Å². The molecule has 26 heavy (non-hydrogen) atoms. The first kappa shape index (κ1) is 18.2. The van der Waals surface area contributed by atoms with E-state index in [9.17, 15) is 20.1 Å². The number of carboxylic acid groups (broad SMARTS) is 1. The van der Waals surface area contributed by atoms with Crippen molar-refractivity contribution in [1.29, 1.82) is 0 Å². The third-order valence-electron chi connectivity index (χ3n) is 9.02. The van der Waals surface area contributed by atoms with Crippen molar-refractivity contribution in [3.05, 3.63) is 23.8 Å². The van der Waals surface area contributed by atoms with Gasteiger partial charge in [-0.15, -0.1) is 0 Å². The SMILES string of the molecule is CC[C@@]1(C(=O)O)C=C[C@H]2[C@@H]3CC=C4CCC([17OH])C([17OH])[C@]4(C)[C@H]3CC[C@@]21C. The molecule has 2 fully saturated rings. The van der Waals surface area contributed by atoms with E-state index in [-0.39, 0.29) is 16.7 Å². The van der Waals surface area contributed by atoms with Gasteiger partial charge in [-0.1, -0.05) is 44.6 Å². The van der Waals surface area contributed by atoms with Crippen molar-refractivity contribution in [1.82, 2.24) is 0 Å². The van der Waals surface area contributed by atoms with Crippen molar-refractivity contribution >= 4 is 5.97 Å². The molecule has 0 bridgehead atoms. The van der Waals surface area contributed by atoms with Gasteiger partial charge < -0.3 is 15.3 Å². The second kappa shape index (κ2) is 5.68. The minimum atomic E-state index is -0.780. The topological polar surface area (TPSA) is 77.8 Å². The van der Waals surface area contributed by atoms with Crippen molar-refractivity contribution in [3.63, 3.8) is 0 Å². The molecule has 4 heteroatoms. The molecule has 0 spiro atoms. The lowest BCUT2D eigenvalue weighted by Crippen LogP contribution is -2.59. The fourth-order valence-corrected chi connectivity index (χ4v) is 7.31. The first-order valence-corrected chi connectivity index (χ1v) is 10.2. The Morgan fingerprint density at radius 1 is 1.31 bits per heavy atom. The molecule has 0 heterocycles. The Balaban J connectivity index is 1.75. The van der Waals surface area contributed by atoms with Gasteiger partial charge in [0.25, 0.3) is 0 Å². The highest BCUT2D eigenvalue weighted by atomic mass is 17.2. The highest BCUT2D eigenvalue weighted by Crippen LogP contribution is 2.68. The van der Waals surface area contributed by atoms with Crippen LogP contribution >= 0.6 is 0 Å². The molecule has 0 aromatic heterocycles. The molecule has 4 aliphatic rings. The molecule has 0 aromatic rings.